The molecule has 0 aliphatic carbocycles. The summed E-state index contributed by atoms with van der Waals surface area (Å²) in [6.07, 6.45) is 0.749. The van der Waals surface area contributed by atoms with Gasteiger partial charge in [0, 0.05) is 17.0 Å². The molecule has 1 aliphatic rings. The lowest BCUT2D eigenvalue weighted by Gasteiger charge is -2.23. The third kappa shape index (κ3) is 2.76. The van der Waals surface area contributed by atoms with Crippen LogP contribution in [0.25, 0.3) is 5.76 Å². The number of hydrogen-bond donors (Lipinski definition) is 1. The smallest absolute Gasteiger partial charge is 0.295 e. The van der Waals surface area contributed by atoms with E-state index < -0.39 is 17.7 Å². The van der Waals surface area contributed by atoms with Gasteiger partial charge in [-0.15, -0.1) is 11.3 Å². The van der Waals surface area contributed by atoms with Gasteiger partial charge >= 0.3 is 0 Å². The SMILES string of the molecule is CCCN1C(=O)C(=O)/C(=C(\O)c2ccc(C)cc2)C1c1cccs1. The second-order valence-corrected chi connectivity index (χ2v) is 6.85. The van der Waals surface area contributed by atoms with E-state index in [0.29, 0.717) is 12.1 Å². The fraction of sp³-hybridized carbons (Fsp3) is 0.263. The van der Waals surface area contributed by atoms with Crippen LogP contribution in [0.3, 0.4) is 0 Å². The summed E-state index contributed by atoms with van der Waals surface area (Å²) in [6.45, 7) is 4.40. The fourth-order valence-corrected chi connectivity index (χ4v) is 3.81. The van der Waals surface area contributed by atoms with Gasteiger partial charge in [0.25, 0.3) is 11.7 Å². The van der Waals surface area contributed by atoms with Crippen LogP contribution < -0.4 is 0 Å². The lowest BCUT2D eigenvalue weighted by atomic mass is 9.99. The molecule has 1 saturated heterocycles. The first kappa shape index (κ1) is 16.5. The normalized spacial score (nSPS) is 19.9. The van der Waals surface area contributed by atoms with E-state index >= 15 is 0 Å². The average Bonchev–Trinajstić information content (AvgIpc) is 3.18. The number of thiophene rings is 1. The van der Waals surface area contributed by atoms with Crippen molar-refractivity contribution in [2.45, 2.75) is 26.3 Å². The Morgan fingerprint density at radius 3 is 2.50 bits per heavy atom. The van der Waals surface area contributed by atoms with Crippen molar-refractivity contribution in [1.82, 2.24) is 4.90 Å². The quantitative estimate of drug-likeness (QED) is 0.521. The summed E-state index contributed by atoms with van der Waals surface area (Å²) in [5, 5.41) is 12.6. The standard InChI is InChI=1S/C19H19NO3S/c1-3-10-20-16(14-5-4-11-24-14)15(18(22)19(20)23)17(21)13-8-6-12(2)7-9-13/h4-9,11,16,21H,3,10H2,1-2H3/b17-15-. The van der Waals surface area contributed by atoms with Crippen LogP contribution in [0.2, 0.25) is 0 Å². The van der Waals surface area contributed by atoms with Crippen LogP contribution in [-0.2, 0) is 9.59 Å². The predicted molar refractivity (Wildman–Crippen MR) is 94.8 cm³/mol. The van der Waals surface area contributed by atoms with Crippen LogP contribution in [-0.4, -0.2) is 28.2 Å². The van der Waals surface area contributed by atoms with Crippen molar-refractivity contribution in [2.24, 2.45) is 0 Å². The molecule has 1 aromatic heterocycles. The molecule has 1 unspecified atom stereocenters. The monoisotopic (exact) mass is 341 g/mol. The molecule has 124 valence electrons. The maximum Gasteiger partial charge on any atom is 0.295 e. The van der Waals surface area contributed by atoms with Gasteiger partial charge in [0.1, 0.15) is 5.76 Å². The largest absolute Gasteiger partial charge is 0.507 e. The van der Waals surface area contributed by atoms with Gasteiger partial charge in [0.15, 0.2) is 0 Å². The molecule has 24 heavy (non-hydrogen) atoms. The van der Waals surface area contributed by atoms with Crippen molar-refractivity contribution in [3.05, 3.63) is 63.4 Å². The molecule has 1 atom stereocenters. The van der Waals surface area contributed by atoms with Gasteiger partial charge in [-0.1, -0.05) is 42.8 Å². The van der Waals surface area contributed by atoms with Gasteiger partial charge in [-0.05, 0) is 24.8 Å². The van der Waals surface area contributed by atoms with E-state index in [9.17, 15) is 14.7 Å². The Balaban J connectivity index is 2.15. The lowest BCUT2D eigenvalue weighted by Crippen LogP contribution is -2.30. The molecule has 1 fully saturated rings. The lowest BCUT2D eigenvalue weighted by molar-refractivity contribution is -0.139. The van der Waals surface area contributed by atoms with Gasteiger partial charge in [-0.25, -0.2) is 0 Å². The number of likely N-dealkylation sites (tertiary alicyclic amines) is 1. The number of aliphatic hydroxyl groups is 1. The van der Waals surface area contributed by atoms with Crippen LogP contribution in [0.1, 0.15) is 35.4 Å². The van der Waals surface area contributed by atoms with E-state index in [-0.39, 0.29) is 11.3 Å². The topological polar surface area (TPSA) is 57.6 Å². The number of rotatable bonds is 4. The summed E-state index contributed by atoms with van der Waals surface area (Å²) in [6, 6.07) is 10.6. The molecular weight excluding hydrogens is 322 g/mol. The summed E-state index contributed by atoms with van der Waals surface area (Å²) in [5.74, 6) is -1.26. The molecule has 2 heterocycles. The summed E-state index contributed by atoms with van der Waals surface area (Å²) in [4.78, 5) is 27.5. The molecule has 0 bridgehead atoms. The Morgan fingerprint density at radius 2 is 1.92 bits per heavy atom. The number of amides is 1. The first-order valence-corrected chi connectivity index (χ1v) is 8.81. The summed E-state index contributed by atoms with van der Waals surface area (Å²) in [5.41, 5.74) is 1.80. The molecule has 3 rings (SSSR count). The second kappa shape index (κ2) is 6.61. The predicted octanol–water partition coefficient (Wildman–Crippen LogP) is 3.89. The Hall–Kier alpha value is -2.40. The highest BCUT2D eigenvalue weighted by Crippen LogP contribution is 2.40. The van der Waals surface area contributed by atoms with E-state index in [4.69, 9.17) is 0 Å². The highest BCUT2D eigenvalue weighted by molar-refractivity contribution is 7.10. The number of carbonyl (C=O) groups is 2. The Bertz CT molecular complexity index is 791. The zero-order valence-electron chi connectivity index (χ0n) is 13.7. The number of aryl methyl sites for hydroxylation is 1. The maximum absolute atomic E-state index is 12.6. The average molecular weight is 341 g/mol. The maximum atomic E-state index is 12.6. The van der Waals surface area contributed by atoms with Crippen LogP contribution >= 0.6 is 11.3 Å². The molecule has 1 N–H and O–H groups in total. The van der Waals surface area contributed by atoms with E-state index in [0.717, 1.165) is 16.9 Å². The molecule has 0 radical (unpaired) electrons. The summed E-state index contributed by atoms with van der Waals surface area (Å²) < 4.78 is 0. The van der Waals surface area contributed by atoms with E-state index in [1.54, 1.807) is 17.0 Å². The van der Waals surface area contributed by atoms with Gasteiger partial charge in [-0.2, -0.15) is 0 Å². The van der Waals surface area contributed by atoms with Crippen molar-refractivity contribution in [3.8, 4) is 0 Å². The Labute approximate surface area is 145 Å². The first-order chi connectivity index (χ1) is 11.5. The zero-order chi connectivity index (χ0) is 17.3. The molecule has 2 aromatic rings. The molecule has 4 nitrogen and oxygen atoms in total. The fourth-order valence-electron chi connectivity index (χ4n) is 2.96. The number of benzene rings is 1. The number of hydrogen-bond acceptors (Lipinski definition) is 4. The molecule has 1 aromatic carbocycles. The number of aliphatic hydroxyl groups excluding tert-OH is 1. The highest BCUT2D eigenvalue weighted by atomic mass is 32.1. The number of Topliss-reactive ketones (excluding diaryl/α,β-unsaturated/α-hetero) is 1. The van der Waals surface area contributed by atoms with Crippen molar-refractivity contribution < 1.29 is 14.7 Å². The molecule has 1 amide bonds. The van der Waals surface area contributed by atoms with E-state index in [2.05, 4.69) is 0 Å². The second-order valence-electron chi connectivity index (χ2n) is 5.87. The minimum atomic E-state index is -0.611. The molecule has 1 aliphatic heterocycles. The van der Waals surface area contributed by atoms with Crippen molar-refractivity contribution in [1.29, 1.82) is 0 Å². The first-order valence-electron chi connectivity index (χ1n) is 7.93. The minimum Gasteiger partial charge on any atom is -0.507 e. The van der Waals surface area contributed by atoms with Crippen molar-refractivity contribution >= 4 is 28.8 Å². The van der Waals surface area contributed by atoms with Gasteiger partial charge in [0.2, 0.25) is 0 Å². The van der Waals surface area contributed by atoms with Gasteiger partial charge in [0.05, 0.1) is 11.6 Å². The zero-order valence-corrected chi connectivity index (χ0v) is 14.5. The van der Waals surface area contributed by atoms with Gasteiger partial charge < -0.3 is 10.0 Å². The van der Waals surface area contributed by atoms with Crippen LogP contribution in [0.5, 0.6) is 0 Å². The van der Waals surface area contributed by atoms with Gasteiger partial charge in [-0.3, -0.25) is 9.59 Å². The number of nitrogens with zero attached hydrogens (tertiary/aromatic N) is 1. The highest BCUT2D eigenvalue weighted by Gasteiger charge is 2.46. The summed E-state index contributed by atoms with van der Waals surface area (Å²) in [7, 11) is 0. The van der Waals surface area contributed by atoms with Crippen molar-refractivity contribution in [3.63, 3.8) is 0 Å². The third-order valence-corrected chi connectivity index (χ3v) is 5.07. The van der Waals surface area contributed by atoms with E-state index in [1.807, 2.05) is 43.5 Å². The minimum absolute atomic E-state index is 0.106. The van der Waals surface area contributed by atoms with E-state index in [1.165, 1.54) is 11.3 Å². The Morgan fingerprint density at radius 1 is 1.21 bits per heavy atom. The van der Waals surface area contributed by atoms with Crippen LogP contribution in [0.4, 0.5) is 0 Å². The molecule has 0 spiro atoms. The molecular formula is C19H19NO3S. The third-order valence-electron chi connectivity index (χ3n) is 4.14. The summed E-state index contributed by atoms with van der Waals surface area (Å²) >= 11 is 1.48. The van der Waals surface area contributed by atoms with Crippen LogP contribution in [0.15, 0.2) is 47.4 Å². The van der Waals surface area contributed by atoms with Crippen LogP contribution in [0, 0.1) is 6.92 Å². The molecule has 0 saturated carbocycles. The number of carbonyl (C=O) groups excluding carboxylic acids is 2. The van der Waals surface area contributed by atoms with Crippen molar-refractivity contribution in [2.75, 3.05) is 6.54 Å². The Kier molecular flexibility index (Phi) is 4.53. The molecule has 5 heteroatoms. The number of ketones is 1.